The first-order valence-electron chi connectivity index (χ1n) is 7.80. The van der Waals surface area contributed by atoms with Gasteiger partial charge in [0.2, 0.25) is 4.96 Å². The molecule has 0 N–H and O–H groups in total. The summed E-state index contributed by atoms with van der Waals surface area (Å²) in [4.78, 5) is 29.1. The van der Waals surface area contributed by atoms with Gasteiger partial charge in [-0.15, -0.1) is 0 Å². The molecular weight excluding hydrogens is 342 g/mol. The van der Waals surface area contributed by atoms with Crippen molar-refractivity contribution in [3.8, 4) is 5.75 Å². The van der Waals surface area contributed by atoms with Crippen molar-refractivity contribution in [1.29, 1.82) is 0 Å². The average molecular weight is 359 g/mol. The molecule has 0 amide bonds. The number of fused-ring (bicyclic) bond motifs is 1. The first-order chi connectivity index (χ1) is 12.1. The van der Waals surface area contributed by atoms with Crippen LogP contribution in [0.3, 0.4) is 0 Å². The summed E-state index contributed by atoms with van der Waals surface area (Å²) < 4.78 is 11.6. The summed E-state index contributed by atoms with van der Waals surface area (Å²) >= 11 is 1.37. The molecule has 2 heterocycles. The van der Waals surface area contributed by atoms with Crippen LogP contribution in [0.15, 0.2) is 35.1 Å². The fraction of sp³-hybridized carbons (Fsp3) is 0.294. The number of hydrogen-bond acceptors (Lipinski definition) is 7. The molecule has 0 spiro atoms. The minimum Gasteiger partial charge on any atom is -0.497 e. The summed E-state index contributed by atoms with van der Waals surface area (Å²) in [6, 6.07) is 8.01. The second-order valence-corrected chi connectivity index (χ2v) is 6.37. The zero-order chi connectivity index (χ0) is 17.8. The van der Waals surface area contributed by atoms with Gasteiger partial charge in [-0.05, 0) is 24.6 Å². The van der Waals surface area contributed by atoms with E-state index in [9.17, 15) is 9.59 Å². The molecule has 0 radical (unpaired) electrons. The molecule has 2 aromatic heterocycles. The van der Waals surface area contributed by atoms with Crippen molar-refractivity contribution < 1.29 is 14.3 Å². The van der Waals surface area contributed by atoms with Crippen LogP contribution >= 0.6 is 11.3 Å². The second kappa shape index (κ2) is 7.43. The van der Waals surface area contributed by atoms with Crippen molar-refractivity contribution in [2.75, 3.05) is 7.11 Å². The maximum atomic E-state index is 12.1. The molecule has 3 aromatic rings. The van der Waals surface area contributed by atoms with E-state index in [-0.39, 0.29) is 12.2 Å². The Morgan fingerprint density at radius 2 is 2.16 bits per heavy atom. The molecule has 0 bridgehead atoms. The van der Waals surface area contributed by atoms with Crippen LogP contribution in [0.5, 0.6) is 5.75 Å². The molecule has 0 fully saturated rings. The highest BCUT2D eigenvalue weighted by atomic mass is 32.1. The van der Waals surface area contributed by atoms with E-state index in [0.29, 0.717) is 22.0 Å². The Morgan fingerprint density at radius 3 is 2.92 bits per heavy atom. The summed E-state index contributed by atoms with van der Waals surface area (Å²) in [5.74, 6) is 0.0669. The fourth-order valence-corrected chi connectivity index (χ4v) is 3.28. The molecule has 8 heteroatoms. The SMILES string of the molecule is CCCc1nn2c(=O)cc(COC(=O)c3cccc(OC)c3)nc2s1. The number of esters is 1. The molecule has 7 nitrogen and oxygen atoms in total. The van der Waals surface area contributed by atoms with Crippen molar-refractivity contribution in [2.45, 2.75) is 26.4 Å². The van der Waals surface area contributed by atoms with Gasteiger partial charge in [0.05, 0.1) is 18.4 Å². The number of carbonyl (C=O) groups excluding carboxylic acids is 1. The number of benzene rings is 1. The lowest BCUT2D eigenvalue weighted by molar-refractivity contribution is 0.0467. The lowest BCUT2D eigenvalue weighted by Gasteiger charge is -2.05. The number of nitrogens with zero attached hydrogens (tertiary/aromatic N) is 3. The molecule has 0 aliphatic carbocycles. The van der Waals surface area contributed by atoms with Crippen LogP contribution in [0, 0.1) is 0 Å². The van der Waals surface area contributed by atoms with Gasteiger partial charge in [0.25, 0.3) is 5.56 Å². The summed E-state index contributed by atoms with van der Waals surface area (Å²) in [6.45, 7) is 1.97. The van der Waals surface area contributed by atoms with Gasteiger partial charge in [-0.2, -0.15) is 9.61 Å². The Morgan fingerprint density at radius 1 is 1.32 bits per heavy atom. The molecule has 1 aromatic carbocycles. The third-order valence-electron chi connectivity index (χ3n) is 3.46. The average Bonchev–Trinajstić information content (AvgIpc) is 3.03. The molecule has 25 heavy (non-hydrogen) atoms. The number of hydrogen-bond donors (Lipinski definition) is 0. The number of methoxy groups -OCH3 is 1. The van der Waals surface area contributed by atoms with Crippen LogP contribution in [0.25, 0.3) is 4.96 Å². The molecule has 3 rings (SSSR count). The fourth-order valence-electron chi connectivity index (χ4n) is 2.26. The van der Waals surface area contributed by atoms with Crippen LogP contribution in [0.4, 0.5) is 0 Å². The Balaban J connectivity index is 1.76. The van der Waals surface area contributed by atoms with Crippen molar-refractivity contribution in [1.82, 2.24) is 14.6 Å². The normalized spacial score (nSPS) is 10.8. The monoisotopic (exact) mass is 359 g/mol. The number of ether oxygens (including phenoxy) is 2. The quantitative estimate of drug-likeness (QED) is 0.629. The highest BCUT2D eigenvalue weighted by Gasteiger charge is 2.12. The van der Waals surface area contributed by atoms with Gasteiger partial charge >= 0.3 is 5.97 Å². The lowest BCUT2D eigenvalue weighted by atomic mass is 10.2. The summed E-state index contributed by atoms with van der Waals surface area (Å²) in [5, 5.41) is 5.10. The molecule has 0 saturated carbocycles. The molecule has 0 aliphatic heterocycles. The van der Waals surface area contributed by atoms with Gasteiger partial charge in [-0.3, -0.25) is 4.79 Å². The van der Waals surface area contributed by atoms with Crippen molar-refractivity contribution in [3.63, 3.8) is 0 Å². The third-order valence-corrected chi connectivity index (χ3v) is 4.43. The van der Waals surface area contributed by atoms with Gasteiger partial charge in [-0.1, -0.05) is 24.3 Å². The van der Waals surface area contributed by atoms with E-state index >= 15 is 0 Å². The topological polar surface area (TPSA) is 82.8 Å². The maximum Gasteiger partial charge on any atom is 0.338 e. The lowest BCUT2D eigenvalue weighted by Crippen LogP contribution is -2.16. The number of aryl methyl sites for hydroxylation is 1. The second-order valence-electron chi connectivity index (χ2n) is 5.33. The van der Waals surface area contributed by atoms with E-state index in [0.717, 1.165) is 17.8 Å². The van der Waals surface area contributed by atoms with Crippen molar-refractivity contribution in [2.24, 2.45) is 0 Å². The van der Waals surface area contributed by atoms with Gasteiger partial charge in [0, 0.05) is 12.5 Å². The van der Waals surface area contributed by atoms with Crippen LogP contribution in [-0.4, -0.2) is 27.7 Å². The molecule has 0 atom stereocenters. The largest absolute Gasteiger partial charge is 0.497 e. The Kier molecular flexibility index (Phi) is 5.08. The number of carbonyl (C=O) groups is 1. The van der Waals surface area contributed by atoms with E-state index < -0.39 is 5.97 Å². The predicted octanol–water partition coefficient (Wildman–Crippen LogP) is 2.47. The van der Waals surface area contributed by atoms with Gasteiger partial charge in [0.15, 0.2) is 0 Å². The molecular formula is C17H17N3O4S. The van der Waals surface area contributed by atoms with Crippen LogP contribution in [0.2, 0.25) is 0 Å². The highest BCUT2D eigenvalue weighted by Crippen LogP contribution is 2.15. The first-order valence-corrected chi connectivity index (χ1v) is 8.62. The Bertz CT molecular complexity index is 964. The van der Waals surface area contributed by atoms with Gasteiger partial charge in [0.1, 0.15) is 17.4 Å². The van der Waals surface area contributed by atoms with E-state index in [1.54, 1.807) is 24.3 Å². The first kappa shape index (κ1) is 17.1. The maximum absolute atomic E-state index is 12.1. The molecule has 130 valence electrons. The van der Waals surface area contributed by atoms with Crippen LogP contribution in [-0.2, 0) is 17.8 Å². The summed E-state index contributed by atoms with van der Waals surface area (Å²) in [7, 11) is 1.53. The Hall–Kier alpha value is -2.74. The van der Waals surface area contributed by atoms with E-state index in [4.69, 9.17) is 9.47 Å². The van der Waals surface area contributed by atoms with Crippen molar-refractivity contribution in [3.05, 3.63) is 57.0 Å². The molecule has 0 aliphatic rings. The van der Waals surface area contributed by atoms with E-state index in [1.807, 2.05) is 6.92 Å². The van der Waals surface area contributed by atoms with Crippen LogP contribution < -0.4 is 10.3 Å². The van der Waals surface area contributed by atoms with Crippen molar-refractivity contribution >= 4 is 22.3 Å². The minimum atomic E-state index is -0.503. The third kappa shape index (κ3) is 3.85. The van der Waals surface area contributed by atoms with Crippen LogP contribution in [0.1, 0.15) is 34.4 Å². The number of aromatic nitrogens is 3. The summed E-state index contributed by atoms with van der Waals surface area (Å²) in [6.07, 6.45) is 1.74. The molecule has 0 saturated heterocycles. The van der Waals surface area contributed by atoms with E-state index in [1.165, 1.54) is 29.0 Å². The summed E-state index contributed by atoms with van der Waals surface area (Å²) in [5.41, 5.74) is 0.490. The number of rotatable bonds is 6. The minimum absolute atomic E-state index is 0.0806. The Labute approximate surface area is 147 Å². The smallest absolute Gasteiger partial charge is 0.338 e. The zero-order valence-electron chi connectivity index (χ0n) is 13.9. The zero-order valence-corrected chi connectivity index (χ0v) is 14.7. The van der Waals surface area contributed by atoms with E-state index in [2.05, 4.69) is 10.1 Å². The predicted molar refractivity (Wildman–Crippen MR) is 93.2 cm³/mol. The van der Waals surface area contributed by atoms with Gasteiger partial charge in [-0.25, -0.2) is 9.78 Å². The van der Waals surface area contributed by atoms with Gasteiger partial charge < -0.3 is 9.47 Å². The standard InChI is InChI=1S/C17H17N3O4S/c1-3-5-14-19-20-15(21)9-12(18-17(20)25-14)10-24-16(22)11-6-4-7-13(8-11)23-2/h4,6-9H,3,5,10H2,1-2H3. The highest BCUT2D eigenvalue weighted by molar-refractivity contribution is 7.16. The molecule has 0 unspecified atom stereocenters.